The first-order chi connectivity index (χ1) is 10.6. The van der Waals surface area contributed by atoms with Gasteiger partial charge in [0.05, 0.1) is 0 Å². The van der Waals surface area contributed by atoms with Gasteiger partial charge in [-0.2, -0.15) is 0 Å². The number of carbonyl (C=O) groups is 3. The fourth-order valence-corrected chi connectivity index (χ4v) is 3.97. The lowest BCUT2D eigenvalue weighted by atomic mass is 10.1. The van der Waals surface area contributed by atoms with Crippen LogP contribution in [0.5, 0.6) is 0 Å². The molecule has 1 aliphatic heterocycles. The van der Waals surface area contributed by atoms with E-state index in [4.69, 9.17) is 5.11 Å². The maximum absolute atomic E-state index is 11.6. The van der Waals surface area contributed by atoms with Gasteiger partial charge in [0, 0.05) is 36.9 Å². The first kappa shape index (κ1) is 18.6. The fourth-order valence-electron chi connectivity index (χ4n) is 1.71. The number of rotatable bonds is 10. The van der Waals surface area contributed by atoms with Gasteiger partial charge in [-0.25, -0.2) is 4.79 Å². The second-order valence-electron chi connectivity index (χ2n) is 4.62. The monoisotopic (exact) mass is 344 g/mol. The highest BCUT2D eigenvalue weighted by Crippen LogP contribution is 2.37. The van der Waals surface area contributed by atoms with Crippen LogP contribution in [0.25, 0.3) is 0 Å². The Labute approximate surface area is 137 Å². The van der Waals surface area contributed by atoms with E-state index in [1.807, 2.05) is 10.8 Å². The van der Waals surface area contributed by atoms with Crippen LogP contribution in [0.3, 0.4) is 0 Å². The third kappa shape index (κ3) is 9.51. The molecule has 0 radical (unpaired) electrons. The summed E-state index contributed by atoms with van der Waals surface area (Å²) in [5, 5.41) is 16.2. The zero-order valence-corrected chi connectivity index (χ0v) is 13.8. The fraction of sp³-hybridized carbons (Fsp3) is 0.500. The number of carboxylic acids is 1. The van der Waals surface area contributed by atoms with Crippen LogP contribution in [0.2, 0.25) is 0 Å². The maximum atomic E-state index is 11.6. The average Bonchev–Trinajstić information content (AvgIpc) is 2.99. The van der Waals surface area contributed by atoms with Crippen molar-refractivity contribution in [2.24, 2.45) is 0 Å². The molecule has 3 N–H and O–H groups in total. The van der Waals surface area contributed by atoms with E-state index in [2.05, 4.69) is 22.1 Å². The normalized spacial score (nSPS) is 16.8. The first-order valence-corrected chi connectivity index (χ1v) is 9.30. The third-order valence-corrected chi connectivity index (χ3v) is 5.22. The summed E-state index contributed by atoms with van der Waals surface area (Å²) in [5.41, 5.74) is 0. The number of amides is 2. The minimum Gasteiger partial charge on any atom is -0.478 e. The van der Waals surface area contributed by atoms with Gasteiger partial charge >= 0.3 is 5.97 Å². The highest BCUT2D eigenvalue weighted by molar-refractivity contribution is 8.78. The van der Waals surface area contributed by atoms with E-state index in [1.54, 1.807) is 10.8 Å². The number of carboxylic acid groups (broad SMARTS) is 1. The average molecular weight is 344 g/mol. The molecule has 1 atom stereocenters. The van der Waals surface area contributed by atoms with Crippen LogP contribution in [-0.2, 0) is 14.4 Å². The molecule has 1 rings (SSSR count). The lowest BCUT2D eigenvalue weighted by molar-refractivity contribution is -0.131. The van der Waals surface area contributed by atoms with Gasteiger partial charge in [0.15, 0.2) is 0 Å². The summed E-state index contributed by atoms with van der Waals surface area (Å²) in [6, 6.07) is 0. The summed E-state index contributed by atoms with van der Waals surface area (Å²) < 4.78 is 0. The summed E-state index contributed by atoms with van der Waals surface area (Å²) in [6.45, 7) is 0.610. The SMILES string of the molecule is O=C(O)/C=C/C(=O)NCCNC(=O)CCCC[C@@H]1C=CSS1. The van der Waals surface area contributed by atoms with Crippen LogP contribution in [0.1, 0.15) is 25.7 Å². The topological polar surface area (TPSA) is 95.5 Å². The molecular formula is C14H20N2O4S2. The Kier molecular flexibility index (Phi) is 9.49. The third-order valence-electron chi connectivity index (χ3n) is 2.79. The van der Waals surface area contributed by atoms with E-state index >= 15 is 0 Å². The Balaban J connectivity index is 1.95. The summed E-state index contributed by atoms with van der Waals surface area (Å²) in [7, 11) is 3.60. The molecule has 122 valence electrons. The van der Waals surface area contributed by atoms with Crippen molar-refractivity contribution in [2.45, 2.75) is 30.9 Å². The molecule has 0 aromatic heterocycles. The van der Waals surface area contributed by atoms with Gasteiger partial charge in [-0.1, -0.05) is 34.1 Å². The molecule has 0 aliphatic carbocycles. The van der Waals surface area contributed by atoms with Crippen molar-refractivity contribution in [3.8, 4) is 0 Å². The predicted molar refractivity (Wildman–Crippen MR) is 89.4 cm³/mol. The van der Waals surface area contributed by atoms with Crippen LogP contribution in [0.4, 0.5) is 0 Å². The van der Waals surface area contributed by atoms with Gasteiger partial charge in [-0.05, 0) is 18.2 Å². The van der Waals surface area contributed by atoms with E-state index in [-0.39, 0.29) is 12.5 Å². The molecule has 1 heterocycles. The molecular weight excluding hydrogens is 324 g/mol. The molecule has 6 nitrogen and oxygen atoms in total. The van der Waals surface area contributed by atoms with E-state index in [0.29, 0.717) is 18.2 Å². The Morgan fingerprint density at radius 3 is 2.59 bits per heavy atom. The molecule has 0 saturated heterocycles. The largest absolute Gasteiger partial charge is 0.478 e. The first-order valence-electron chi connectivity index (χ1n) is 7.02. The Hall–Kier alpha value is -1.41. The summed E-state index contributed by atoms with van der Waals surface area (Å²) in [4.78, 5) is 32.9. The van der Waals surface area contributed by atoms with Crippen molar-refractivity contribution in [3.05, 3.63) is 23.6 Å². The maximum Gasteiger partial charge on any atom is 0.328 e. The van der Waals surface area contributed by atoms with E-state index in [9.17, 15) is 14.4 Å². The quantitative estimate of drug-likeness (QED) is 0.317. The molecule has 0 aromatic rings. The zero-order chi connectivity index (χ0) is 16.2. The molecule has 0 spiro atoms. The van der Waals surface area contributed by atoms with Crippen LogP contribution >= 0.6 is 21.6 Å². The number of nitrogens with one attached hydrogen (secondary N) is 2. The van der Waals surface area contributed by atoms with Gasteiger partial charge in [0.1, 0.15) is 0 Å². The molecule has 1 aliphatic rings. The Bertz CT molecular complexity index is 452. The lowest BCUT2D eigenvalue weighted by Gasteiger charge is -2.07. The predicted octanol–water partition coefficient (Wildman–Crippen LogP) is 1.70. The van der Waals surface area contributed by atoms with Crippen molar-refractivity contribution in [3.63, 3.8) is 0 Å². The molecule has 0 unspecified atom stereocenters. The van der Waals surface area contributed by atoms with Gasteiger partial charge in [0.25, 0.3) is 0 Å². The number of aliphatic carboxylic acids is 1. The van der Waals surface area contributed by atoms with Crippen molar-refractivity contribution >= 4 is 39.4 Å². The highest BCUT2D eigenvalue weighted by Gasteiger charge is 2.10. The molecule has 8 heteroatoms. The number of carbonyl (C=O) groups excluding carboxylic acids is 2. The minimum atomic E-state index is -1.17. The molecule has 0 saturated carbocycles. The van der Waals surface area contributed by atoms with Gasteiger partial charge in [-0.15, -0.1) is 0 Å². The van der Waals surface area contributed by atoms with Crippen molar-refractivity contribution in [1.82, 2.24) is 10.6 Å². The standard InChI is InChI=1S/C14H20N2O4S2/c17-12(4-2-1-3-11-7-10-21-22-11)15-8-9-16-13(18)5-6-14(19)20/h5-7,10-11H,1-4,8-9H2,(H,15,17)(H,16,18)(H,19,20)/b6-5+/t11-/m1/s1. The lowest BCUT2D eigenvalue weighted by Crippen LogP contribution is -2.33. The number of hydrogen-bond acceptors (Lipinski definition) is 5. The Morgan fingerprint density at radius 2 is 1.91 bits per heavy atom. The van der Waals surface area contributed by atoms with Gasteiger partial charge < -0.3 is 15.7 Å². The van der Waals surface area contributed by atoms with Crippen molar-refractivity contribution in [2.75, 3.05) is 13.1 Å². The summed E-state index contributed by atoms with van der Waals surface area (Å²) in [6.07, 6.45) is 7.36. The van der Waals surface area contributed by atoms with Crippen molar-refractivity contribution < 1.29 is 19.5 Å². The molecule has 22 heavy (non-hydrogen) atoms. The van der Waals surface area contributed by atoms with Crippen LogP contribution in [-0.4, -0.2) is 41.2 Å². The highest BCUT2D eigenvalue weighted by atomic mass is 33.1. The van der Waals surface area contributed by atoms with Gasteiger partial charge in [-0.3, -0.25) is 9.59 Å². The second-order valence-corrected chi connectivity index (χ2v) is 7.04. The zero-order valence-electron chi connectivity index (χ0n) is 12.1. The molecule has 2 amide bonds. The van der Waals surface area contributed by atoms with E-state index < -0.39 is 11.9 Å². The minimum absolute atomic E-state index is 0.0284. The molecule has 0 aromatic carbocycles. The van der Waals surface area contributed by atoms with Crippen LogP contribution in [0, 0.1) is 0 Å². The van der Waals surface area contributed by atoms with E-state index in [0.717, 1.165) is 31.4 Å². The molecule has 0 bridgehead atoms. The van der Waals surface area contributed by atoms with Crippen LogP contribution in [0.15, 0.2) is 23.6 Å². The van der Waals surface area contributed by atoms with Crippen molar-refractivity contribution in [1.29, 1.82) is 0 Å². The summed E-state index contributed by atoms with van der Waals surface area (Å²) in [5.74, 6) is -1.69. The van der Waals surface area contributed by atoms with Gasteiger partial charge in [0.2, 0.25) is 11.8 Å². The Morgan fingerprint density at radius 1 is 1.14 bits per heavy atom. The summed E-state index contributed by atoms with van der Waals surface area (Å²) >= 11 is 0. The number of unbranched alkanes of at least 4 members (excludes halogenated alkanes) is 1. The smallest absolute Gasteiger partial charge is 0.328 e. The second kappa shape index (κ2) is 11.2. The van der Waals surface area contributed by atoms with E-state index in [1.165, 1.54) is 0 Å². The van der Waals surface area contributed by atoms with Crippen LogP contribution < -0.4 is 10.6 Å². The molecule has 0 fully saturated rings. The number of hydrogen-bond donors (Lipinski definition) is 3.